The lowest BCUT2D eigenvalue weighted by atomic mass is 10.1. The molecule has 0 spiro atoms. The van der Waals surface area contributed by atoms with E-state index in [-0.39, 0.29) is 16.8 Å². The lowest BCUT2D eigenvalue weighted by Gasteiger charge is -2.27. The fourth-order valence-electron chi connectivity index (χ4n) is 3.37. The van der Waals surface area contributed by atoms with E-state index in [2.05, 4.69) is 44.3 Å². The molecule has 5 nitrogen and oxygen atoms in total. The van der Waals surface area contributed by atoms with Gasteiger partial charge in [0.25, 0.3) is 5.91 Å². The number of nitrogens with zero attached hydrogens (tertiary/aromatic N) is 1. The van der Waals surface area contributed by atoms with Gasteiger partial charge in [-0.3, -0.25) is 20.7 Å². The standard InChI is InChI=1S/C20H23BrN4O/c21-17-18(15-11-12-15)22-23-19(17)20(26)24-25(16-9-5-2-6-10-16)13-14-7-3-1-4-8-14/h1-10,15,17-19,22-23H,11-13H2,(H,24,26). The van der Waals surface area contributed by atoms with Crippen molar-refractivity contribution >= 4 is 27.5 Å². The number of carbonyl (C=O) groups is 1. The molecule has 1 aliphatic heterocycles. The maximum absolute atomic E-state index is 12.9. The third kappa shape index (κ3) is 3.92. The van der Waals surface area contributed by atoms with Crippen LogP contribution in [0.1, 0.15) is 18.4 Å². The monoisotopic (exact) mass is 414 g/mol. The van der Waals surface area contributed by atoms with Crippen molar-refractivity contribution in [1.82, 2.24) is 16.3 Å². The van der Waals surface area contributed by atoms with E-state index >= 15 is 0 Å². The summed E-state index contributed by atoms with van der Waals surface area (Å²) in [4.78, 5) is 13.0. The maximum atomic E-state index is 12.9. The second-order valence-electron chi connectivity index (χ2n) is 6.96. The molecule has 3 N–H and O–H groups in total. The summed E-state index contributed by atoms with van der Waals surface area (Å²) in [6.45, 7) is 0.607. The molecule has 3 unspecified atom stereocenters. The minimum atomic E-state index is -0.303. The van der Waals surface area contributed by atoms with Gasteiger partial charge in [-0.1, -0.05) is 64.5 Å². The predicted molar refractivity (Wildman–Crippen MR) is 106 cm³/mol. The lowest BCUT2D eigenvalue weighted by molar-refractivity contribution is -0.122. The molecule has 0 aromatic heterocycles. The number of hydrogen-bond acceptors (Lipinski definition) is 4. The van der Waals surface area contributed by atoms with Gasteiger partial charge in [-0.15, -0.1) is 0 Å². The largest absolute Gasteiger partial charge is 0.281 e. The lowest BCUT2D eigenvalue weighted by Crippen LogP contribution is -2.52. The Hall–Kier alpha value is -1.89. The van der Waals surface area contributed by atoms with Crippen LogP contribution in [0, 0.1) is 5.92 Å². The van der Waals surface area contributed by atoms with Crippen LogP contribution < -0.4 is 21.3 Å². The Morgan fingerprint density at radius 2 is 1.69 bits per heavy atom. The number of alkyl halides is 1. The smallest absolute Gasteiger partial charge is 0.258 e. The van der Waals surface area contributed by atoms with Gasteiger partial charge in [-0.2, -0.15) is 0 Å². The first-order chi connectivity index (χ1) is 12.7. The normalized spacial score (nSPS) is 25.0. The van der Waals surface area contributed by atoms with Crippen LogP contribution in [0.15, 0.2) is 60.7 Å². The highest BCUT2D eigenvalue weighted by Gasteiger charge is 2.45. The van der Waals surface area contributed by atoms with Crippen LogP contribution in [0.5, 0.6) is 0 Å². The molecule has 2 aliphatic rings. The Morgan fingerprint density at radius 1 is 1.04 bits per heavy atom. The van der Waals surface area contributed by atoms with E-state index in [1.807, 2.05) is 53.5 Å². The van der Waals surface area contributed by atoms with Crippen LogP contribution in [0.2, 0.25) is 0 Å². The van der Waals surface area contributed by atoms with E-state index in [9.17, 15) is 4.79 Å². The summed E-state index contributed by atoms with van der Waals surface area (Å²) in [6.07, 6.45) is 2.47. The van der Waals surface area contributed by atoms with E-state index in [4.69, 9.17) is 0 Å². The number of rotatable bonds is 6. The Morgan fingerprint density at radius 3 is 2.35 bits per heavy atom. The van der Waals surface area contributed by atoms with E-state index in [1.165, 1.54) is 12.8 Å². The quantitative estimate of drug-likeness (QED) is 0.502. The SMILES string of the molecule is O=C(NN(Cc1ccccc1)c1ccccc1)C1NNC(C2CC2)C1Br. The number of para-hydroxylation sites is 1. The summed E-state index contributed by atoms with van der Waals surface area (Å²) >= 11 is 3.72. The zero-order valence-corrected chi connectivity index (χ0v) is 16.0. The number of hydrazine groups is 2. The molecule has 2 aromatic carbocycles. The van der Waals surface area contributed by atoms with E-state index < -0.39 is 0 Å². The highest BCUT2D eigenvalue weighted by molar-refractivity contribution is 9.09. The molecule has 3 atom stereocenters. The van der Waals surface area contributed by atoms with Crippen molar-refractivity contribution in [2.24, 2.45) is 5.92 Å². The summed E-state index contributed by atoms with van der Waals surface area (Å²) in [7, 11) is 0. The summed E-state index contributed by atoms with van der Waals surface area (Å²) < 4.78 is 0. The van der Waals surface area contributed by atoms with Gasteiger partial charge in [-0.05, 0) is 36.5 Å². The maximum Gasteiger partial charge on any atom is 0.258 e. The second kappa shape index (κ2) is 7.78. The van der Waals surface area contributed by atoms with Gasteiger partial charge >= 0.3 is 0 Å². The minimum absolute atomic E-state index is 0.0395. The molecule has 0 bridgehead atoms. The highest BCUT2D eigenvalue weighted by atomic mass is 79.9. The molecule has 1 saturated carbocycles. The number of hydrogen-bond donors (Lipinski definition) is 3. The van der Waals surface area contributed by atoms with Gasteiger partial charge in [0.1, 0.15) is 6.04 Å². The molecule has 1 heterocycles. The summed E-state index contributed by atoms with van der Waals surface area (Å²) in [6, 6.07) is 20.1. The van der Waals surface area contributed by atoms with Gasteiger partial charge in [-0.25, -0.2) is 5.43 Å². The molecule has 26 heavy (non-hydrogen) atoms. The molecular formula is C20H23BrN4O. The first kappa shape index (κ1) is 17.5. The Bertz CT molecular complexity index is 738. The number of halogens is 1. The topological polar surface area (TPSA) is 56.4 Å². The van der Waals surface area contributed by atoms with Crippen LogP contribution in [-0.4, -0.2) is 22.8 Å². The number of benzene rings is 2. The Labute approximate surface area is 162 Å². The summed E-state index contributed by atoms with van der Waals surface area (Å²) in [5.74, 6) is 0.626. The van der Waals surface area contributed by atoms with Crippen molar-refractivity contribution in [3.8, 4) is 0 Å². The molecule has 1 saturated heterocycles. The van der Waals surface area contributed by atoms with Gasteiger partial charge < -0.3 is 0 Å². The van der Waals surface area contributed by atoms with Crippen LogP contribution in [0.25, 0.3) is 0 Å². The fourth-order valence-corrected chi connectivity index (χ4v) is 4.30. The molecule has 136 valence electrons. The van der Waals surface area contributed by atoms with Crippen LogP contribution in [0.4, 0.5) is 5.69 Å². The molecule has 4 rings (SSSR count). The van der Waals surface area contributed by atoms with Crippen molar-refractivity contribution in [3.63, 3.8) is 0 Å². The summed E-state index contributed by atoms with van der Waals surface area (Å²) in [5.41, 5.74) is 11.6. The van der Waals surface area contributed by atoms with Gasteiger partial charge in [0.2, 0.25) is 0 Å². The predicted octanol–water partition coefficient (Wildman–Crippen LogP) is 2.74. The minimum Gasteiger partial charge on any atom is -0.281 e. The molecule has 2 aromatic rings. The van der Waals surface area contributed by atoms with Gasteiger partial charge in [0, 0.05) is 6.04 Å². The first-order valence-corrected chi connectivity index (χ1v) is 9.96. The van der Waals surface area contributed by atoms with Gasteiger partial charge in [0.05, 0.1) is 17.1 Å². The van der Waals surface area contributed by atoms with Crippen molar-refractivity contribution in [2.45, 2.75) is 36.3 Å². The van der Waals surface area contributed by atoms with Crippen LogP contribution in [-0.2, 0) is 11.3 Å². The number of anilines is 1. The van der Waals surface area contributed by atoms with E-state index in [0.29, 0.717) is 18.5 Å². The third-order valence-electron chi connectivity index (χ3n) is 4.98. The second-order valence-corrected chi connectivity index (χ2v) is 8.01. The molecule has 2 fully saturated rings. The third-order valence-corrected chi connectivity index (χ3v) is 6.07. The Balaban J connectivity index is 1.48. The average Bonchev–Trinajstić information content (AvgIpc) is 3.44. The van der Waals surface area contributed by atoms with Crippen molar-refractivity contribution < 1.29 is 4.79 Å². The first-order valence-electron chi connectivity index (χ1n) is 9.04. The van der Waals surface area contributed by atoms with E-state index in [1.54, 1.807) is 0 Å². The molecule has 6 heteroatoms. The van der Waals surface area contributed by atoms with Gasteiger partial charge in [0.15, 0.2) is 0 Å². The van der Waals surface area contributed by atoms with E-state index in [0.717, 1.165) is 11.3 Å². The molecule has 0 radical (unpaired) electrons. The number of nitrogens with one attached hydrogen (secondary N) is 3. The van der Waals surface area contributed by atoms with Crippen molar-refractivity contribution in [3.05, 3.63) is 66.2 Å². The number of amides is 1. The fraction of sp³-hybridized carbons (Fsp3) is 0.350. The molecule has 1 amide bonds. The highest BCUT2D eigenvalue weighted by Crippen LogP contribution is 2.38. The van der Waals surface area contributed by atoms with Crippen molar-refractivity contribution in [2.75, 3.05) is 5.01 Å². The molecule has 1 aliphatic carbocycles. The zero-order valence-electron chi connectivity index (χ0n) is 14.4. The number of carbonyl (C=O) groups excluding carboxylic acids is 1. The van der Waals surface area contributed by atoms with Crippen LogP contribution in [0.3, 0.4) is 0 Å². The molecular weight excluding hydrogens is 392 g/mol. The summed E-state index contributed by atoms with van der Waals surface area (Å²) in [5, 5.41) is 1.91. The Kier molecular flexibility index (Phi) is 5.24. The van der Waals surface area contributed by atoms with Crippen molar-refractivity contribution in [1.29, 1.82) is 0 Å². The van der Waals surface area contributed by atoms with Crippen LogP contribution >= 0.6 is 15.9 Å². The zero-order chi connectivity index (χ0) is 17.9. The average molecular weight is 415 g/mol.